The Morgan fingerprint density at radius 3 is 2.81 bits per heavy atom. The van der Waals surface area contributed by atoms with Gasteiger partial charge in [-0.05, 0) is 19.2 Å². The first-order valence-electron chi connectivity index (χ1n) is 7.16. The second-order valence-electron chi connectivity index (χ2n) is 5.46. The van der Waals surface area contributed by atoms with Crippen molar-refractivity contribution in [2.24, 2.45) is 0 Å². The molecule has 118 valence electrons. The van der Waals surface area contributed by atoms with E-state index in [-0.39, 0.29) is 5.82 Å². The number of halogens is 2. The molecule has 1 aromatic rings. The van der Waals surface area contributed by atoms with Crippen molar-refractivity contribution in [2.45, 2.75) is 12.6 Å². The van der Waals surface area contributed by atoms with Crippen LogP contribution in [0.3, 0.4) is 0 Å². The maximum Gasteiger partial charge on any atom is 0.129 e. The van der Waals surface area contributed by atoms with E-state index in [1.807, 2.05) is 11.9 Å². The highest BCUT2D eigenvalue weighted by molar-refractivity contribution is 6.31. The number of β-amino-alcohol motifs (C(OH)–C–C–N with tert-alkyl or cyclic N) is 1. The van der Waals surface area contributed by atoms with E-state index in [1.165, 1.54) is 6.07 Å². The van der Waals surface area contributed by atoms with Gasteiger partial charge in [0.2, 0.25) is 0 Å². The number of hydrogen-bond donors (Lipinski definition) is 1. The number of aliphatic hydroxyl groups is 1. The molecule has 0 spiro atoms. The minimum absolute atomic E-state index is 0.308. The Morgan fingerprint density at radius 2 is 2.14 bits per heavy atom. The number of likely N-dealkylation sites (N-methyl/N-ethyl adjacent to an activating group) is 1. The molecule has 1 fully saturated rings. The average Bonchev–Trinajstić information content (AvgIpc) is 2.44. The number of hydrogen-bond acceptors (Lipinski definition) is 4. The lowest BCUT2D eigenvalue weighted by atomic mass is 10.2. The molecule has 0 radical (unpaired) electrons. The molecule has 1 aliphatic heterocycles. The van der Waals surface area contributed by atoms with Gasteiger partial charge in [-0.3, -0.25) is 9.80 Å². The summed E-state index contributed by atoms with van der Waals surface area (Å²) in [5.74, 6) is -0.308. The molecule has 1 N–H and O–H groups in total. The van der Waals surface area contributed by atoms with Gasteiger partial charge in [-0.15, -0.1) is 0 Å². The summed E-state index contributed by atoms with van der Waals surface area (Å²) in [6, 6.07) is 4.67. The van der Waals surface area contributed by atoms with Crippen LogP contribution < -0.4 is 0 Å². The lowest BCUT2D eigenvalue weighted by molar-refractivity contribution is 0.00819. The van der Waals surface area contributed by atoms with Crippen LogP contribution in [0.1, 0.15) is 5.56 Å². The number of rotatable bonds is 6. The standard InChI is InChI=1S/C15H22ClFN2O2/c1-18(11-13-14(16)3-2-4-15(13)17)9-12(20)10-19-5-7-21-8-6-19/h2-4,12,20H,5-11H2,1H3. The molecule has 1 heterocycles. The monoisotopic (exact) mass is 316 g/mol. The molecular formula is C15H22ClFN2O2. The summed E-state index contributed by atoms with van der Waals surface area (Å²) in [5, 5.41) is 10.6. The quantitative estimate of drug-likeness (QED) is 0.865. The second kappa shape index (κ2) is 8.06. The van der Waals surface area contributed by atoms with Crippen molar-refractivity contribution in [3.05, 3.63) is 34.6 Å². The summed E-state index contributed by atoms with van der Waals surface area (Å²) in [6.45, 7) is 4.59. The van der Waals surface area contributed by atoms with Crippen LogP contribution in [0.4, 0.5) is 4.39 Å². The van der Waals surface area contributed by atoms with E-state index < -0.39 is 6.10 Å². The van der Waals surface area contributed by atoms with Crippen LogP contribution in [0, 0.1) is 5.82 Å². The summed E-state index contributed by atoms with van der Waals surface area (Å²) in [5.41, 5.74) is 0.472. The van der Waals surface area contributed by atoms with E-state index in [0.29, 0.717) is 43.4 Å². The highest BCUT2D eigenvalue weighted by atomic mass is 35.5. The molecule has 1 atom stereocenters. The predicted molar refractivity (Wildman–Crippen MR) is 81.0 cm³/mol. The van der Waals surface area contributed by atoms with Crippen LogP contribution in [0.25, 0.3) is 0 Å². The minimum atomic E-state index is -0.473. The summed E-state index contributed by atoms with van der Waals surface area (Å²) in [6.07, 6.45) is -0.473. The van der Waals surface area contributed by atoms with Gasteiger partial charge in [0.15, 0.2) is 0 Å². The Bertz CT molecular complexity index is 435. The highest BCUT2D eigenvalue weighted by Gasteiger charge is 2.17. The number of aliphatic hydroxyl groups excluding tert-OH is 1. The molecule has 1 aromatic carbocycles. The fourth-order valence-corrected chi connectivity index (χ4v) is 2.74. The molecule has 1 aliphatic rings. The first-order valence-corrected chi connectivity index (χ1v) is 7.53. The van der Waals surface area contributed by atoms with Crippen LogP contribution in [0.5, 0.6) is 0 Å². The highest BCUT2D eigenvalue weighted by Crippen LogP contribution is 2.20. The normalized spacial score (nSPS) is 18.1. The predicted octanol–water partition coefficient (Wildman–Crippen LogP) is 1.60. The molecule has 0 aromatic heterocycles. The lowest BCUT2D eigenvalue weighted by Gasteiger charge is -2.30. The largest absolute Gasteiger partial charge is 0.390 e. The maximum atomic E-state index is 13.7. The Hall–Kier alpha value is -0.720. The van der Waals surface area contributed by atoms with E-state index in [9.17, 15) is 9.50 Å². The molecule has 0 bridgehead atoms. The van der Waals surface area contributed by atoms with E-state index in [1.54, 1.807) is 12.1 Å². The number of benzene rings is 1. The summed E-state index contributed by atoms with van der Waals surface area (Å²) in [7, 11) is 1.85. The van der Waals surface area contributed by atoms with E-state index in [0.717, 1.165) is 13.1 Å². The fourth-order valence-electron chi connectivity index (χ4n) is 2.52. The zero-order valence-electron chi connectivity index (χ0n) is 12.3. The van der Waals surface area contributed by atoms with Crippen molar-refractivity contribution < 1.29 is 14.2 Å². The van der Waals surface area contributed by atoms with Crippen LogP contribution in [-0.2, 0) is 11.3 Å². The molecule has 0 saturated carbocycles. The van der Waals surface area contributed by atoms with Crippen LogP contribution in [0.2, 0.25) is 5.02 Å². The van der Waals surface area contributed by atoms with Gasteiger partial charge in [0.25, 0.3) is 0 Å². The molecule has 1 unspecified atom stereocenters. The Morgan fingerprint density at radius 1 is 1.43 bits per heavy atom. The van der Waals surface area contributed by atoms with E-state index in [2.05, 4.69) is 4.90 Å². The number of ether oxygens (including phenoxy) is 1. The topological polar surface area (TPSA) is 35.9 Å². The summed E-state index contributed by atoms with van der Waals surface area (Å²) >= 11 is 6.01. The Kier molecular flexibility index (Phi) is 6.39. The van der Waals surface area contributed by atoms with E-state index in [4.69, 9.17) is 16.3 Å². The van der Waals surface area contributed by atoms with Crippen LogP contribution in [0.15, 0.2) is 18.2 Å². The fraction of sp³-hybridized carbons (Fsp3) is 0.600. The SMILES string of the molecule is CN(Cc1c(F)cccc1Cl)CC(O)CN1CCOCC1. The maximum absolute atomic E-state index is 13.7. The molecule has 2 rings (SSSR count). The molecule has 1 saturated heterocycles. The summed E-state index contributed by atoms with van der Waals surface area (Å²) < 4.78 is 19.0. The Labute approximate surface area is 130 Å². The third-order valence-corrected chi connectivity index (χ3v) is 3.94. The molecule has 0 aliphatic carbocycles. The van der Waals surface area contributed by atoms with Gasteiger partial charge in [-0.2, -0.15) is 0 Å². The second-order valence-corrected chi connectivity index (χ2v) is 5.87. The lowest BCUT2D eigenvalue weighted by Crippen LogP contribution is -2.44. The van der Waals surface area contributed by atoms with Gasteiger partial charge in [-0.25, -0.2) is 4.39 Å². The molecule has 4 nitrogen and oxygen atoms in total. The van der Waals surface area contributed by atoms with Crippen LogP contribution in [-0.4, -0.2) is 67.5 Å². The zero-order chi connectivity index (χ0) is 15.2. The third kappa shape index (κ3) is 5.20. The van der Waals surface area contributed by atoms with Gasteiger partial charge in [-0.1, -0.05) is 17.7 Å². The number of nitrogens with zero attached hydrogens (tertiary/aromatic N) is 2. The Balaban J connectivity index is 1.81. The third-order valence-electron chi connectivity index (χ3n) is 3.58. The molecule has 6 heteroatoms. The average molecular weight is 317 g/mol. The van der Waals surface area contributed by atoms with E-state index >= 15 is 0 Å². The van der Waals surface area contributed by atoms with Crippen molar-refractivity contribution >= 4 is 11.6 Å². The van der Waals surface area contributed by atoms with Gasteiger partial charge in [0.1, 0.15) is 5.82 Å². The number of morpholine rings is 1. The molecular weight excluding hydrogens is 295 g/mol. The van der Waals surface area contributed by atoms with Gasteiger partial charge >= 0.3 is 0 Å². The van der Waals surface area contributed by atoms with Gasteiger partial charge in [0.05, 0.1) is 19.3 Å². The first kappa shape index (κ1) is 16.6. The van der Waals surface area contributed by atoms with Crippen molar-refractivity contribution in [1.82, 2.24) is 9.80 Å². The molecule has 0 amide bonds. The smallest absolute Gasteiger partial charge is 0.129 e. The van der Waals surface area contributed by atoms with Crippen molar-refractivity contribution in [1.29, 1.82) is 0 Å². The summed E-state index contributed by atoms with van der Waals surface area (Å²) in [4.78, 5) is 4.06. The zero-order valence-corrected chi connectivity index (χ0v) is 13.0. The molecule has 21 heavy (non-hydrogen) atoms. The van der Waals surface area contributed by atoms with Crippen molar-refractivity contribution in [3.8, 4) is 0 Å². The first-order chi connectivity index (χ1) is 10.1. The van der Waals surface area contributed by atoms with Crippen LogP contribution >= 0.6 is 11.6 Å². The van der Waals surface area contributed by atoms with Gasteiger partial charge in [0, 0.05) is 43.3 Å². The van der Waals surface area contributed by atoms with Gasteiger partial charge < -0.3 is 9.84 Å². The van der Waals surface area contributed by atoms with Crippen molar-refractivity contribution in [3.63, 3.8) is 0 Å². The van der Waals surface area contributed by atoms with Crippen molar-refractivity contribution in [2.75, 3.05) is 46.4 Å². The minimum Gasteiger partial charge on any atom is -0.390 e.